The van der Waals surface area contributed by atoms with E-state index in [2.05, 4.69) is 71.7 Å². The van der Waals surface area contributed by atoms with Gasteiger partial charge in [0.05, 0.1) is 15.9 Å². The van der Waals surface area contributed by atoms with Crippen LogP contribution in [0, 0.1) is 0 Å². The van der Waals surface area contributed by atoms with Crippen LogP contribution in [0.3, 0.4) is 0 Å². The third-order valence-corrected chi connectivity index (χ3v) is 6.60. The summed E-state index contributed by atoms with van der Waals surface area (Å²) in [4.78, 5) is 20.1. The van der Waals surface area contributed by atoms with Crippen LogP contribution in [0.25, 0.3) is 21.3 Å². The largest absolute Gasteiger partial charge is 0.382 e. The third-order valence-electron chi connectivity index (χ3n) is 5.37. The van der Waals surface area contributed by atoms with Gasteiger partial charge in [0.25, 0.3) is 0 Å². The van der Waals surface area contributed by atoms with E-state index in [0.29, 0.717) is 10.3 Å². The quantitative estimate of drug-likeness (QED) is 0.295. The summed E-state index contributed by atoms with van der Waals surface area (Å²) in [6.45, 7) is 8.92. The lowest BCUT2D eigenvalue weighted by Crippen LogP contribution is -2.12. The molecule has 0 spiro atoms. The first-order valence-electron chi connectivity index (χ1n) is 10.9. The van der Waals surface area contributed by atoms with Gasteiger partial charge in [-0.15, -0.1) is 0 Å². The topological polar surface area (TPSA) is 66.9 Å². The van der Waals surface area contributed by atoms with Crippen molar-refractivity contribution in [3.63, 3.8) is 0 Å². The summed E-state index contributed by atoms with van der Waals surface area (Å²) in [5.41, 5.74) is 6.41. The predicted octanol–water partition coefficient (Wildman–Crippen LogP) is 6.92. The second kappa shape index (κ2) is 9.49. The molecule has 7 heteroatoms. The zero-order chi connectivity index (χ0) is 23.6. The van der Waals surface area contributed by atoms with Crippen molar-refractivity contribution in [2.75, 3.05) is 17.2 Å². The Hall–Kier alpha value is -2.96. The van der Waals surface area contributed by atoms with Gasteiger partial charge in [0.2, 0.25) is 5.91 Å². The second-order valence-corrected chi connectivity index (χ2v) is 10.5. The van der Waals surface area contributed by atoms with Crippen LogP contribution in [0.1, 0.15) is 38.8 Å². The summed E-state index contributed by atoms with van der Waals surface area (Å²) >= 11 is 7.83. The number of anilines is 2. The summed E-state index contributed by atoms with van der Waals surface area (Å²) in [5.74, 6) is -0.128. The van der Waals surface area contributed by atoms with Crippen LogP contribution in [0.5, 0.6) is 0 Å². The van der Waals surface area contributed by atoms with Gasteiger partial charge in [0.1, 0.15) is 0 Å². The Bertz CT molecular complexity index is 1310. The van der Waals surface area contributed by atoms with Gasteiger partial charge in [-0.25, -0.2) is 9.97 Å². The molecule has 33 heavy (non-hydrogen) atoms. The number of nitrogens with one attached hydrogen (secondary N) is 2. The fraction of sp³-hybridized carbons (Fsp3) is 0.269. The van der Waals surface area contributed by atoms with Crippen LogP contribution >= 0.6 is 22.9 Å². The highest BCUT2D eigenvalue weighted by Crippen LogP contribution is 2.32. The van der Waals surface area contributed by atoms with Gasteiger partial charge < -0.3 is 10.6 Å². The number of carbonyl (C=O) groups is 1. The zero-order valence-electron chi connectivity index (χ0n) is 19.2. The average Bonchev–Trinajstić information content (AvgIpc) is 3.15. The molecule has 0 bridgehead atoms. The van der Waals surface area contributed by atoms with Crippen molar-refractivity contribution in [3.8, 4) is 11.1 Å². The van der Waals surface area contributed by atoms with Crippen molar-refractivity contribution in [3.05, 3.63) is 71.0 Å². The molecule has 0 atom stereocenters. The highest BCUT2D eigenvalue weighted by atomic mass is 35.5. The molecule has 0 saturated carbocycles. The van der Waals surface area contributed by atoms with E-state index < -0.39 is 0 Å². The van der Waals surface area contributed by atoms with Gasteiger partial charge in [-0.1, -0.05) is 74.0 Å². The van der Waals surface area contributed by atoms with Crippen LogP contribution in [0.15, 0.2) is 54.7 Å². The van der Waals surface area contributed by atoms with E-state index in [1.165, 1.54) is 29.4 Å². The van der Waals surface area contributed by atoms with Crippen LogP contribution in [-0.4, -0.2) is 22.4 Å². The van der Waals surface area contributed by atoms with Gasteiger partial charge in [-0.2, -0.15) is 0 Å². The highest BCUT2D eigenvalue weighted by Gasteiger charge is 2.14. The Morgan fingerprint density at radius 2 is 1.91 bits per heavy atom. The number of carbonyl (C=O) groups excluding carboxylic acids is 1. The first-order chi connectivity index (χ1) is 15.7. The van der Waals surface area contributed by atoms with Gasteiger partial charge in [0.15, 0.2) is 10.3 Å². The number of halogens is 1. The molecular weight excluding hydrogens is 452 g/mol. The van der Waals surface area contributed by atoms with Crippen LogP contribution in [0.4, 0.5) is 10.8 Å². The molecule has 0 aliphatic carbocycles. The summed E-state index contributed by atoms with van der Waals surface area (Å²) in [6, 6.07) is 16.8. The summed E-state index contributed by atoms with van der Waals surface area (Å²) < 4.78 is 0.999. The summed E-state index contributed by atoms with van der Waals surface area (Å²) in [5, 5.41) is 7.24. The van der Waals surface area contributed by atoms with E-state index in [0.717, 1.165) is 40.0 Å². The maximum absolute atomic E-state index is 11.3. The maximum Gasteiger partial charge on any atom is 0.223 e. The summed E-state index contributed by atoms with van der Waals surface area (Å²) in [6.07, 6.45) is 2.67. The smallest absolute Gasteiger partial charge is 0.223 e. The molecule has 0 unspecified atom stereocenters. The Balaban J connectivity index is 1.49. The van der Waals surface area contributed by atoms with E-state index in [1.54, 1.807) is 6.20 Å². The molecule has 5 nitrogen and oxygen atoms in total. The number of hydrogen-bond acceptors (Lipinski definition) is 5. The molecule has 2 heterocycles. The van der Waals surface area contributed by atoms with E-state index in [9.17, 15) is 4.79 Å². The van der Waals surface area contributed by atoms with Gasteiger partial charge in [-0.3, -0.25) is 4.79 Å². The number of benzene rings is 2. The Morgan fingerprint density at radius 3 is 2.67 bits per heavy atom. The van der Waals surface area contributed by atoms with E-state index in [1.807, 2.05) is 18.2 Å². The number of pyridine rings is 1. The van der Waals surface area contributed by atoms with Crippen molar-refractivity contribution in [2.24, 2.45) is 0 Å². The fourth-order valence-corrected chi connectivity index (χ4v) is 4.69. The molecular formula is C26H27ClN4OS. The van der Waals surface area contributed by atoms with Crippen molar-refractivity contribution in [2.45, 2.75) is 39.5 Å². The lowest BCUT2D eigenvalue weighted by atomic mass is 9.86. The lowest BCUT2D eigenvalue weighted by Gasteiger charge is -2.20. The monoisotopic (exact) mass is 478 g/mol. The first-order valence-corrected chi connectivity index (χ1v) is 12.1. The average molecular weight is 479 g/mol. The third kappa shape index (κ3) is 5.70. The molecule has 4 aromatic rings. The Kier molecular flexibility index (Phi) is 6.68. The molecule has 4 rings (SSSR count). The van der Waals surface area contributed by atoms with Crippen molar-refractivity contribution < 1.29 is 4.79 Å². The number of nitrogens with zero attached hydrogens (tertiary/aromatic N) is 2. The standard InChI is InChI=1S/C26H27ClN4OS/c1-16(32)30-25-31-21-9-8-18(14-23(21)33-25)19-13-22(24(27)29-15-19)28-11-10-17-6-5-7-20(12-17)26(2,3)4/h5-9,12-15,28H,10-11H2,1-4H3,(H,30,31,32). The van der Waals surface area contributed by atoms with Gasteiger partial charge in [0, 0.05) is 25.2 Å². The molecule has 0 saturated heterocycles. The van der Waals surface area contributed by atoms with Crippen LogP contribution in [0.2, 0.25) is 5.15 Å². The first kappa shape index (κ1) is 23.2. The van der Waals surface area contributed by atoms with Gasteiger partial charge in [-0.05, 0) is 46.7 Å². The minimum absolute atomic E-state index is 0.128. The lowest BCUT2D eigenvalue weighted by molar-refractivity contribution is -0.114. The molecule has 2 aromatic heterocycles. The number of amides is 1. The van der Waals surface area contributed by atoms with E-state index in [4.69, 9.17) is 11.6 Å². The van der Waals surface area contributed by atoms with Crippen molar-refractivity contribution in [1.82, 2.24) is 9.97 Å². The van der Waals surface area contributed by atoms with E-state index >= 15 is 0 Å². The van der Waals surface area contributed by atoms with Crippen LogP contribution in [-0.2, 0) is 16.6 Å². The Morgan fingerprint density at radius 1 is 1.09 bits per heavy atom. The predicted molar refractivity (Wildman–Crippen MR) is 140 cm³/mol. The zero-order valence-corrected chi connectivity index (χ0v) is 20.8. The maximum atomic E-state index is 11.3. The molecule has 0 aliphatic heterocycles. The molecule has 0 aliphatic rings. The second-order valence-electron chi connectivity index (χ2n) is 9.07. The molecule has 0 radical (unpaired) electrons. The SMILES string of the molecule is CC(=O)Nc1nc2ccc(-c3cnc(Cl)c(NCCc4cccc(C(C)(C)C)c4)c3)cc2s1. The summed E-state index contributed by atoms with van der Waals surface area (Å²) in [7, 11) is 0. The molecule has 2 N–H and O–H groups in total. The number of rotatable bonds is 6. The number of fused-ring (bicyclic) bond motifs is 1. The minimum Gasteiger partial charge on any atom is -0.382 e. The van der Waals surface area contributed by atoms with Crippen molar-refractivity contribution >= 4 is 49.9 Å². The molecule has 1 amide bonds. The Labute approximate surface area is 203 Å². The van der Waals surface area contributed by atoms with Crippen molar-refractivity contribution in [1.29, 1.82) is 0 Å². The number of hydrogen-bond donors (Lipinski definition) is 2. The minimum atomic E-state index is -0.128. The fourth-order valence-electron chi connectivity index (χ4n) is 3.57. The molecule has 0 fully saturated rings. The molecule has 2 aromatic carbocycles. The van der Waals surface area contributed by atoms with E-state index in [-0.39, 0.29) is 11.3 Å². The molecule has 170 valence electrons. The number of aromatic nitrogens is 2. The van der Waals surface area contributed by atoms with Crippen LogP contribution < -0.4 is 10.6 Å². The van der Waals surface area contributed by atoms with Gasteiger partial charge >= 0.3 is 0 Å². The number of thiazole rings is 1. The normalized spacial score (nSPS) is 11.5. The highest BCUT2D eigenvalue weighted by molar-refractivity contribution is 7.22.